The van der Waals surface area contributed by atoms with Gasteiger partial charge in [-0.2, -0.15) is 0 Å². The minimum Gasteiger partial charge on any atom is -0.355 e. The number of nitrogens with one attached hydrogen (secondary N) is 1. The molecule has 0 radical (unpaired) electrons. The number of hydrogen-bond acceptors (Lipinski definition) is 2. The lowest BCUT2D eigenvalue weighted by atomic mass is 10.2. The van der Waals surface area contributed by atoms with Crippen LogP contribution in [0.4, 0.5) is 4.39 Å². The molecule has 0 aromatic heterocycles. The number of rotatable bonds is 7. The molecule has 23 heavy (non-hydrogen) atoms. The Labute approximate surface area is 157 Å². The molecular formula is C17H30FIN4. The Morgan fingerprint density at radius 3 is 2.39 bits per heavy atom. The second kappa shape index (κ2) is 11.6. The zero-order chi connectivity index (χ0) is 16.5. The van der Waals surface area contributed by atoms with Gasteiger partial charge in [0.1, 0.15) is 5.82 Å². The van der Waals surface area contributed by atoms with Gasteiger partial charge in [-0.25, -0.2) is 4.39 Å². The first-order valence-corrected chi connectivity index (χ1v) is 7.84. The second-order valence-corrected chi connectivity index (χ2v) is 5.69. The van der Waals surface area contributed by atoms with Gasteiger partial charge < -0.3 is 15.1 Å². The molecule has 0 spiro atoms. The van der Waals surface area contributed by atoms with E-state index < -0.39 is 0 Å². The molecule has 1 unspecified atom stereocenters. The largest absolute Gasteiger partial charge is 0.355 e. The smallest absolute Gasteiger partial charge is 0.193 e. The minimum atomic E-state index is -0.206. The number of guanidine groups is 1. The lowest BCUT2D eigenvalue weighted by Crippen LogP contribution is -2.42. The van der Waals surface area contributed by atoms with Crippen LogP contribution in [0, 0.1) is 5.82 Å². The van der Waals surface area contributed by atoms with E-state index in [1.165, 1.54) is 12.1 Å². The van der Waals surface area contributed by atoms with Crippen LogP contribution in [-0.2, 0) is 6.54 Å². The van der Waals surface area contributed by atoms with Crippen molar-refractivity contribution in [1.82, 2.24) is 15.1 Å². The predicted molar refractivity (Wildman–Crippen MR) is 107 cm³/mol. The van der Waals surface area contributed by atoms with Crippen molar-refractivity contribution < 1.29 is 4.39 Å². The van der Waals surface area contributed by atoms with Crippen molar-refractivity contribution in [3.05, 3.63) is 35.6 Å². The molecule has 0 fully saturated rings. The SMILES string of the molecule is CCC(C)N(C)CCNC(=NC)N(C)Cc1ccc(F)cc1.I. The van der Waals surface area contributed by atoms with E-state index in [9.17, 15) is 4.39 Å². The number of benzene rings is 1. The summed E-state index contributed by atoms with van der Waals surface area (Å²) in [5.74, 6) is 0.642. The van der Waals surface area contributed by atoms with E-state index in [1.807, 2.05) is 11.9 Å². The number of likely N-dealkylation sites (N-methyl/N-ethyl adjacent to an activating group) is 1. The van der Waals surface area contributed by atoms with Crippen LogP contribution < -0.4 is 5.32 Å². The van der Waals surface area contributed by atoms with Crippen molar-refractivity contribution in [1.29, 1.82) is 0 Å². The molecule has 0 amide bonds. The van der Waals surface area contributed by atoms with Crippen LogP contribution in [0.5, 0.6) is 0 Å². The Hall–Kier alpha value is -0.890. The molecule has 132 valence electrons. The van der Waals surface area contributed by atoms with Gasteiger partial charge in [-0.1, -0.05) is 19.1 Å². The molecule has 1 aromatic carbocycles. The first kappa shape index (κ1) is 22.1. The van der Waals surface area contributed by atoms with Gasteiger partial charge in [0.2, 0.25) is 0 Å². The molecule has 1 aromatic rings. The molecule has 0 heterocycles. The molecule has 0 aliphatic carbocycles. The van der Waals surface area contributed by atoms with E-state index in [4.69, 9.17) is 0 Å². The van der Waals surface area contributed by atoms with Crippen molar-refractivity contribution >= 4 is 29.9 Å². The Morgan fingerprint density at radius 1 is 1.26 bits per heavy atom. The van der Waals surface area contributed by atoms with E-state index in [2.05, 4.69) is 36.1 Å². The van der Waals surface area contributed by atoms with Crippen molar-refractivity contribution in [2.24, 2.45) is 4.99 Å². The maximum atomic E-state index is 12.9. The maximum absolute atomic E-state index is 12.9. The molecule has 0 aliphatic heterocycles. The van der Waals surface area contributed by atoms with Crippen molar-refractivity contribution in [3.8, 4) is 0 Å². The van der Waals surface area contributed by atoms with Gasteiger partial charge in [-0.05, 0) is 38.1 Å². The molecule has 4 nitrogen and oxygen atoms in total. The molecule has 0 bridgehead atoms. The Kier molecular flexibility index (Phi) is 11.2. The summed E-state index contributed by atoms with van der Waals surface area (Å²) in [6.07, 6.45) is 1.15. The summed E-state index contributed by atoms with van der Waals surface area (Å²) in [5, 5.41) is 3.37. The third-order valence-electron chi connectivity index (χ3n) is 4.00. The second-order valence-electron chi connectivity index (χ2n) is 5.69. The molecule has 0 aliphatic rings. The Balaban J connectivity index is 0.00000484. The fourth-order valence-corrected chi connectivity index (χ4v) is 2.20. The molecule has 0 saturated carbocycles. The highest BCUT2D eigenvalue weighted by Gasteiger charge is 2.09. The lowest BCUT2D eigenvalue weighted by molar-refractivity contribution is 0.255. The highest BCUT2D eigenvalue weighted by molar-refractivity contribution is 14.0. The average molecular weight is 436 g/mol. The summed E-state index contributed by atoms with van der Waals surface area (Å²) in [6.45, 7) is 6.94. The van der Waals surface area contributed by atoms with E-state index in [0.29, 0.717) is 12.6 Å². The topological polar surface area (TPSA) is 30.9 Å². The molecule has 6 heteroatoms. The summed E-state index contributed by atoms with van der Waals surface area (Å²) >= 11 is 0. The van der Waals surface area contributed by atoms with Crippen LogP contribution in [0.25, 0.3) is 0 Å². The van der Waals surface area contributed by atoms with Crippen molar-refractivity contribution in [3.63, 3.8) is 0 Å². The monoisotopic (exact) mass is 436 g/mol. The average Bonchev–Trinajstić information content (AvgIpc) is 2.52. The van der Waals surface area contributed by atoms with Gasteiger partial charge in [-0.3, -0.25) is 4.99 Å². The quantitative estimate of drug-likeness (QED) is 0.405. The third-order valence-corrected chi connectivity index (χ3v) is 4.00. The van der Waals surface area contributed by atoms with Gasteiger partial charge in [0.15, 0.2) is 5.96 Å². The molecule has 1 N–H and O–H groups in total. The van der Waals surface area contributed by atoms with Crippen LogP contribution in [0.15, 0.2) is 29.3 Å². The number of nitrogens with zero attached hydrogens (tertiary/aromatic N) is 3. The van der Waals surface area contributed by atoms with Crippen molar-refractivity contribution in [2.45, 2.75) is 32.9 Å². The van der Waals surface area contributed by atoms with Gasteiger partial charge in [0.05, 0.1) is 0 Å². The van der Waals surface area contributed by atoms with Gasteiger partial charge >= 0.3 is 0 Å². The van der Waals surface area contributed by atoms with Crippen LogP contribution in [0.3, 0.4) is 0 Å². The zero-order valence-corrected chi connectivity index (χ0v) is 17.2. The summed E-state index contributed by atoms with van der Waals surface area (Å²) in [6, 6.07) is 7.16. The molecule has 1 rings (SSSR count). The first-order valence-electron chi connectivity index (χ1n) is 7.84. The summed E-state index contributed by atoms with van der Waals surface area (Å²) < 4.78 is 12.9. The van der Waals surface area contributed by atoms with E-state index in [-0.39, 0.29) is 29.8 Å². The third kappa shape index (κ3) is 7.97. The lowest BCUT2D eigenvalue weighted by Gasteiger charge is -2.26. The number of aliphatic imine (C=N–C) groups is 1. The maximum Gasteiger partial charge on any atom is 0.193 e. The Bertz CT molecular complexity index is 464. The fraction of sp³-hybridized carbons (Fsp3) is 0.588. The van der Waals surface area contributed by atoms with E-state index in [1.54, 1.807) is 19.2 Å². The first-order chi connectivity index (χ1) is 10.5. The summed E-state index contributed by atoms with van der Waals surface area (Å²) in [7, 11) is 5.90. The normalized spacial score (nSPS) is 12.7. The van der Waals surface area contributed by atoms with Crippen LogP contribution in [0.2, 0.25) is 0 Å². The predicted octanol–water partition coefficient (Wildman–Crippen LogP) is 3.18. The summed E-state index contributed by atoms with van der Waals surface area (Å²) in [4.78, 5) is 8.67. The molecule has 0 saturated heterocycles. The molecule has 1 atom stereocenters. The fourth-order valence-electron chi connectivity index (χ4n) is 2.20. The zero-order valence-electron chi connectivity index (χ0n) is 14.8. The van der Waals surface area contributed by atoms with Gasteiger partial charge in [0, 0.05) is 39.8 Å². The van der Waals surface area contributed by atoms with E-state index >= 15 is 0 Å². The number of hydrogen-bond donors (Lipinski definition) is 1. The van der Waals surface area contributed by atoms with E-state index in [0.717, 1.165) is 31.0 Å². The highest BCUT2D eigenvalue weighted by atomic mass is 127. The van der Waals surface area contributed by atoms with Crippen molar-refractivity contribution in [2.75, 3.05) is 34.2 Å². The van der Waals surface area contributed by atoms with Crippen LogP contribution in [0.1, 0.15) is 25.8 Å². The minimum absolute atomic E-state index is 0. The van der Waals surface area contributed by atoms with Gasteiger partial charge in [-0.15, -0.1) is 24.0 Å². The highest BCUT2D eigenvalue weighted by Crippen LogP contribution is 2.05. The van der Waals surface area contributed by atoms with Gasteiger partial charge in [0.25, 0.3) is 0 Å². The van der Waals surface area contributed by atoms with Crippen LogP contribution in [-0.4, -0.2) is 56.0 Å². The van der Waals surface area contributed by atoms with Crippen LogP contribution >= 0.6 is 24.0 Å². The standard InChI is InChI=1S/C17H29FN4.HI/c1-6-14(2)21(4)12-11-20-17(19-3)22(5)13-15-7-9-16(18)10-8-15;/h7-10,14H,6,11-13H2,1-5H3,(H,19,20);1H. The number of halogens is 2. The Morgan fingerprint density at radius 2 is 1.87 bits per heavy atom. The summed E-state index contributed by atoms with van der Waals surface area (Å²) in [5.41, 5.74) is 1.06. The molecular weight excluding hydrogens is 406 g/mol.